The van der Waals surface area contributed by atoms with Crippen molar-refractivity contribution in [1.29, 1.82) is 0 Å². The number of nitrogens with zero attached hydrogens (tertiary/aromatic N) is 2. The third-order valence-electron chi connectivity index (χ3n) is 2.12. The van der Waals surface area contributed by atoms with Crippen molar-refractivity contribution in [2.45, 2.75) is 26.8 Å². The van der Waals surface area contributed by atoms with E-state index in [-0.39, 0.29) is 6.61 Å². The van der Waals surface area contributed by atoms with E-state index >= 15 is 0 Å². The third-order valence-corrected chi connectivity index (χ3v) is 2.12. The van der Waals surface area contributed by atoms with Gasteiger partial charge in [-0.25, -0.2) is 0 Å². The number of rotatable bonds is 6. The average molecular weight is 197 g/mol. The van der Waals surface area contributed by atoms with Crippen LogP contribution in [0.3, 0.4) is 0 Å². The van der Waals surface area contributed by atoms with Crippen LogP contribution in [0.2, 0.25) is 0 Å². The highest BCUT2D eigenvalue weighted by atomic mass is 16.3. The fourth-order valence-electron chi connectivity index (χ4n) is 1.46. The lowest BCUT2D eigenvalue weighted by atomic mass is 10.4. The van der Waals surface area contributed by atoms with Crippen molar-refractivity contribution in [3.05, 3.63) is 17.5 Å². The minimum atomic E-state index is 0.208. The zero-order chi connectivity index (χ0) is 10.4. The van der Waals surface area contributed by atoms with Gasteiger partial charge in [-0.15, -0.1) is 0 Å². The minimum Gasteiger partial charge on any atom is -0.395 e. The molecule has 0 atom stereocenters. The van der Waals surface area contributed by atoms with Crippen molar-refractivity contribution >= 4 is 0 Å². The van der Waals surface area contributed by atoms with E-state index in [0.717, 1.165) is 25.2 Å². The lowest BCUT2D eigenvalue weighted by Gasteiger charge is -2.04. The van der Waals surface area contributed by atoms with Gasteiger partial charge >= 0.3 is 0 Å². The molecule has 4 nitrogen and oxygen atoms in total. The molecule has 2 N–H and O–H groups in total. The van der Waals surface area contributed by atoms with Crippen LogP contribution in [-0.2, 0) is 6.54 Å². The highest BCUT2D eigenvalue weighted by Gasteiger charge is 1.99. The first kappa shape index (κ1) is 11.2. The topological polar surface area (TPSA) is 50.1 Å². The Morgan fingerprint density at radius 3 is 2.79 bits per heavy atom. The van der Waals surface area contributed by atoms with Crippen molar-refractivity contribution in [1.82, 2.24) is 15.1 Å². The molecule has 0 saturated heterocycles. The monoisotopic (exact) mass is 197 g/mol. The molecule has 0 unspecified atom stereocenters. The standard InChI is InChI=1S/C10H19N3O/c1-9-8-10(2)13(12-9)6-3-4-11-5-7-14/h8,11,14H,3-7H2,1-2H3. The van der Waals surface area contributed by atoms with E-state index in [1.807, 2.05) is 11.6 Å². The van der Waals surface area contributed by atoms with Gasteiger partial charge in [0.2, 0.25) is 0 Å². The van der Waals surface area contributed by atoms with E-state index in [2.05, 4.69) is 23.4 Å². The van der Waals surface area contributed by atoms with Gasteiger partial charge in [0, 0.05) is 18.8 Å². The summed E-state index contributed by atoms with van der Waals surface area (Å²) >= 11 is 0. The van der Waals surface area contributed by atoms with E-state index in [9.17, 15) is 0 Å². The summed E-state index contributed by atoms with van der Waals surface area (Å²) in [4.78, 5) is 0. The normalized spacial score (nSPS) is 10.8. The summed E-state index contributed by atoms with van der Waals surface area (Å²) in [5.74, 6) is 0. The molecule has 0 aliphatic rings. The van der Waals surface area contributed by atoms with Gasteiger partial charge in [0.05, 0.1) is 12.3 Å². The number of aromatic nitrogens is 2. The number of hydrogen-bond donors (Lipinski definition) is 2. The molecule has 0 radical (unpaired) electrons. The predicted molar refractivity (Wildman–Crippen MR) is 56.3 cm³/mol. The maximum absolute atomic E-state index is 8.55. The Bertz CT molecular complexity index is 270. The molecule has 0 fully saturated rings. The molecule has 1 aromatic heterocycles. The molecule has 1 heterocycles. The average Bonchev–Trinajstić information content (AvgIpc) is 2.45. The van der Waals surface area contributed by atoms with Crippen molar-refractivity contribution in [3.63, 3.8) is 0 Å². The lowest BCUT2D eigenvalue weighted by molar-refractivity contribution is 0.291. The summed E-state index contributed by atoms with van der Waals surface area (Å²) in [6.07, 6.45) is 1.04. The summed E-state index contributed by atoms with van der Waals surface area (Å²) < 4.78 is 2.02. The van der Waals surface area contributed by atoms with Gasteiger partial charge < -0.3 is 10.4 Å². The van der Waals surface area contributed by atoms with E-state index in [0.29, 0.717) is 6.54 Å². The molecule has 0 aromatic carbocycles. The van der Waals surface area contributed by atoms with Gasteiger partial charge in [0.25, 0.3) is 0 Å². The Labute approximate surface area is 84.9 Å². The van der Waals surface area contributed by atoms with Crippen LogP contribution in [0.1, 0.15) is 17.8 Å². The van der Waals surface area contributed by atoms with Gasteiger partial charge in [-0.05, 0) is 32.9 Å². The summed E-state index contributed by atoms with van der Waals surface area (Å²) in [6.45, 7) is 6.84. The van der Waals surface area contributed by atoms with Crippen molar-refractivity contribution < 1.29 is 5.11 Å². The van der Waals surface area contributed by atoms with E-state index < -0.39 is 0 Å². The highest BCUT2D eigenvalue weighted by molar-refractivity contribution is 5.06. The third kappa shape index (κ3) is 3.47. The lowest BCUT2D eigenvalue weighted by Crippen LogP contribution is -2.20. The second kappa shape index (κ2) is 5.78. The molecule has 80 valence electrons. The molecule has 0 aliphatic carbocycles. The van der Waals surface area contributed by atoms with Crippen molar-refractivity contribution in [2.24, 2.45) is 0 Å². The van der Waals surface area contributed by atoms with Gasteiger partial charge in [-0.3, -0.25) is 4.68 Å². The molecule has 4 heteroatoms. The Kier molecular flexibility index (Phi) is 4.62. The summed E-state index contributed by atoms with van der Waals surface area (Å²) in [5, 5.41) is 16.1. The molecule has 0 amide bonds. The Hall–Kier alpha value is -0.870. The van der Waals surface area contributed by atoms with Crippen LogP contribution in [-0.4, -0.2) is 34.6 Å². The van der Waals surface area contributed by atoms with E-state index in [1.54, 1.807) is 0 Å². The van der Waals surface area contributed by atoms with Crippen LogP contribution in [0.15, 0.2) is 6.07 Å². The van der Waals surface area contributed by atoms with E-state index in [4.69, 9.17) is 5.11 Å². The first-order chi connectivity index (χ1) is 6.74. The largest absolute Gasteiger partial charge is 0.395 e. The van der Waals surface area contributed by atoms with Crippen LogP contribution < -0.4 is 5.32 Å². The molecular weight excluding hydrogens is 178 g/mol. The predicted octanol–water partition coefficient (Wildman–Crippen LogP) is 0.472. The Morgan fingerprint density at radius 2 is 2.21 bits per heavy atom. The number of hydrogen-bond acceptors (Lipinski definition) is 3. The molecule has 1 rings (SSSR count). The number of aryl methyl sites for hydroxylation is 3. The second-order valence-electron chi connectivity index (χ2n) is 3.48. The first-order valence-corrected chi connectivity index (χ1v) is 5.06. The molecule has 0 aliphatic heterocycles. The van der Waals surface area contributed by atoms with Crippen molar-refractivity contribution in [2.75, 3.05) is 19.7 Å². The van der Waals surface area contributed by atoms with Gasteiger partial charge in [0.15, 0.2) is 0 Å². The van der Waals surface area contributed by atoms with Gasteiger partial charge in [-0.2, -0.15) is 5.10 Å². The molecule has 0 bridgehead atoms. The maximum atomic E-state index is 8.55. The summed E-state index contributed by atoms with van der Waals surface area (Å²) in [7, 11) is 0. The molecule has 0 saturated carbocycles. The van der Waals surface area contributed by atoms with Gasteiger partial charge in [0.1, 0.15) is 0 Å². The Morgan fingerprint density at radius 1 is 1.43 bits per heavy atom. The van der Waals surface area contributed by atoms with Gasteiger partial charge in [-0.1, -0.05) is 0 Å². The summed E-state index contributed by atoms with van der Waals surface area (Å²) in [6, 6.07) is 2.08. The first-order valence-electron chi connectivity index (χ1n) is 5.06. The maximum Gasteiger partial charge on any atom is 0.0596 e. The van der Waals surface area contributed by atoms with Crippen LogP contribution in [0.4, 0.5) is 0 Å². The zero-order valence-corrected chi connectivity index (χ0v) is 8.95. The number of nitrogens with one attached hydrogen (secondary N) is 1. The van der Waals surface area contributed by atoms with Crippen molar-refractivity contribution in [3.8, 4) is 0 Å². The number of aliphatic hydroxyl groups excluding tert-OH is 1. The van der Waals surface area contributed by atoms with Crippen LogP contribution in [0, 0.1) is 13.8 Å². The van der Waals surface area contributed by atoms with E-state index in [1.165, 1.54) is 5.69 Å². The Balaban J connectivity index is 2.21. The molecular formula is C10H19N3O. The molecule has 1 aromatic rings. The van der Waals surface area contributed by atoms with Crippen LogP contribution in [0.5, 0.6) is 0 Å². The quantitative estimate of drug-likeness (QED) is 0.652. The highest BCUT2D eigenvalue weighted by Crippen LogP contribution is 2.01. The number of aliphatic hydroxyl groups is 1. The smallest absolute Gasteiger partial charge is 0.0596 e. The van der Waals surface area contributed by atoms with Crippen LogP contribution in [0.25, 0.3) is 0 Å². The minimum absolute atomic E-state index is 0.208. The fraction of sp³-hybridized carbons (Fsp3) is 0.700. The second-order valence-corrected chi connectivity index (χ2v) is 3.48. The zero-order valence-electron chi connectivity index (χ0n) is 8.95. The molecule has 14 heavy (non-hydrogen) atoms. The van der Waals surface area contributed by atoms with Crippen LogP contribution >= 0.6 is 0 Å². The SMILES string of the molecule is Cc1cc(C)n(CCCNCCO)n1. The fourth-order valence-corrected chi connectivity index (χ4v) is 1.46. The molecule has 0 spiro atoms. The summed E-state index contributed by atoms with van der Waals surface area (Å²) in [5.41, 5.74) is 2.29.